The van der Waals surface area contributed by atoms with Gasteiger partial charge in [-0.25, -0.2) is 8.42 Å². The lowest BCUT2D eigenvalue weighted by molar-refractivity contribution is 0.194. The Morgan fingerprint density at radius 1 is 1.29 bits per heavy atom. The highest BCUT2D eigenvalue weighted by atomic mass is 32.2. The molecule has 0 radical (unpaired) electrons. The molecular weight excluding hydrogens is 202 g/mol. The zero-order chi connectivity index (χ0) is 11.0. The molecule has 0 unspecified atom stereocenters. The molecule has 0 aromatic carbocycles. The van der Waals surface area contributed by atoms with Gasteiger partial charge < -0.3 is 10.1 Å². The molecule has 0 amide bonds. The summed E-state index contributed by atoms with van der Waals surface area (Å²) in [6, 6.07) is 0. The predicted octanol–water partition coefficient (Wildman–Crippen LogP) is 0.436. The maximum atomic E-state index is 11.4. The second-order valence-electron chi connectivity index (χ2n) is 3.51. The first-order valence-corrected chi connectivity index (χ1v) is 6.63. The Balaban J connectivity index is 3.46. The smallest absolute Gasteiger partial charge is 0.153 e. The first-order valence-electron chi connectivity index (χ1n) is 4.92. The van der Waals surface area contributed by atoms with E-state index in [1.807, 2.05) is 0 Å². The van der Waals surface area contributed by atoms with Crippen LogP contribution in [0.1, 0.15) is 20.3 Å². The summed E-state index contributed by atoms with van der Waals surface area (Å²) in [5, 5.41) is 2.80. The Hall–Kier alpha value is -0.130. The van der Waals surface area contributed by atoms with Crippen molar-refractivity contribution in [2.45, 2.75) is 25.5 Å². The first kappa shape index (κ1) is 13.9. The summed E-state index contributed by atoms with van der Waals surface area (Å²) in [6.45, 7) is 5.47. The third-order valence-electron chi connectivity index (χ3n) is 1.98. The van der Waals surface area contributed by atoms with Crippen molar-refractivity contribution in [1.82, 2.24) is 5.32 Å². The van der Waals surface area contributed by atoms with E-state index in [-0.39, 0.29) is 11.0 Å². The van der Waals surface area contributed by atoms with E-state index < -0.39 is 9.84 Å². The van der Waals surface area contributed by atoms with Gasteiger partial charge in [-0.1, -0.05) is 0 Å². The summed E-state index contributed by atoms with van der Waals surface area (Å²) in [4.78, 5) is 0. The van der Waals surface area contributed by atoms with Crippen LogP contribution in [-0.2, 0) is 14.6 Å². The van der Waals surface area contributed by atoms with Crippen molar-refractivity contribution >= 4 is 9.84 Å². The third-order valence-corrected chi connectivity index (χ3v) is 4.19. The van der Waals surface area contributed by atoms with E-state index in [1.165, 1.54) is 0 Å². The van der Waals surface area contributed by atoms with Crippen molar-refractivity contribution in [1.29, 1.82) is 0 Å². The number of hydrogen-bond donors (Lipinski definition) is 1. The molecule has 0 aromatic rings. The van der Waals surface area contributed by atoms with Crippen molar-refractivity contribution in [2.24, 2.45) is 0 Å². The Kier molecular flexibility index (Phi) is 7.13. The summed E-state index contributed by atoms with van der Waals surface area (Å²) < 4.78 is 27.6. The molecule has 0 fully saturated rings. The fraction of sp³-hybridized carbons (Fsp3) is 1.00. The van der Waals surface area contributed by atoms with Crippen LogP contribution in [0.3, 0.4) is 0 Å². The SMILES string of the molecule is COCCCNCCS(=O)(=O)C(C)C. The molecule has 0 bridgehead atoms. The van der Waals surface area contributed by atoms with Crippen molar-refractivity contribution in [2.75, 3.05) is 32.6 Å². The Bertz CT molecular complexity index is 224. The minimum Gasteiger partial charge on any atom is -0.385 e. The van der Waals surface area contributed by atoms with Crippen LogP contribution >= 0.6 is 0 Å². The zero-order valence-electron chi connectivity index (χ0n) is 9.25. The average molecular weight is 223 g/mol. The first-order chi connectivity index (χ1) is 6.50. The molecule has 0 heterocycles. The van der Waals surface area contributed by atoms with Crippen molar-refractivity contribution in [3.05, 3.63) is 0 Å². The lowest BCUT2D eigenvalue weighted by Gasteiger charge is -2.08. The van der Waals surface area contributed by atoms with Gasteiger partial charge >= 0.3 is 0 Å². The molecule has 14 heavy (non-hydrogen) atoms. The van der Waals surface area contributed by atoms with Crippen LogP contribution in [0.2, 0.25) is 0 Å². The van der Waals surface area contributed by atoms with Crippen LogP contribution in [0.15, 0.2) is 0 Å². The molecule has 0 aromatic heterocycles. The lowest BCUT2D eigenvalue weighted by atomic mass is 10.4. The summed E-state index contributed by atoms with van der Waals surface area (Å²) in [5.74, 6) is 0.220. The molecular formula is C9H21NO3S. The number of rotatable bonds is 8. The highest BCUT2D eigenvalue weighted by molar-refractivity contribution is 7.92. The van der Waals surface area contributed by atoms with E-state index in [0.717, 1.165) is 13.0 Å². The van der Waals surface area contributed by atoms with E-state index in [2.05, 4.69) is 5.32 Å². The van der Waals surface area contributed by atoms with Crippen LogP contribution in [0.25, 0.3) is 0 Å². The van der Waals surface area contributed by atoms with Gasteiger partial charge in [0.15, 0.2) is 9.84 Å². The third kappa shape index (κ3) is 6.34. The van der Waals surface area contributed by atoms with Crippen molar-refractivity contribution in [3.63, 3.8) is 0 Å². The van der Waals surface area contributed by atoms with Gasteiger partial charge in [0.1, 0.15) is 0 Å². The predicted molar refractivity (Wildman–Crippen MR) is 58.3 cm³/mol. The van der Waals surface area contributed by atoms with E-state index >= 15 is 0 Å². The monoisotopic (exact) mass is 223 g/mol. The minimum atomic E-state index is -2.88. The Morgan fingerprint density at radius 3 is 2.43 bits per heavy atom. The maximum Gasteiger partial charge on any atom is 0.153 e. The van der Waals surface area contributed by atoms with Crippen LogP contribution in [-0.4, -0.2) is 46.2 Å². The Labute approximate surface area is 86.9 Å². The normalized spacial score (nSPS) is 12.3. The molecule has 4 nitrogen and oxygen atoms in total. The van der Waals surface area contributed by atoms with Crippen LogP contribution in [0.4, 0.5) is 0 Å². The fourth-order valence-corrected chi connectivity index (χ4v) is 1.82. The van der Waals surface area contributed by atoms with Gasteiger partial charge in [0.2, 0.25) is 0 Å². The van der Waals surface area contributed by atoms with E-state index in [4.69, 9.17) is 4.74 Å². The number of sulfone groups is 1. The highest BCUT2D eigenvalue weighted by Gasteiger charge is 2.14. The van der Waals surface area contributed by atoms with Gasteiger partial charge in [0.05, 0.1) is 11.0 Å². The number of hydrogen-bond acceptors (Lipinski definition) is 4. The molecule has 0 saturated heterocycles. The van der Waals surface area contributed by atoms with Gasteiger partial charge in [-0.2, -0.15) is 0 Å². The van der Waals surface area contributed by atoms with Gasteiger partial charge in [-0.15, -0.1) is 0 Å². The van der Waals surface area contributed by atoms with Crippen LogP contribution in [0.5, 0.6) is 0 Å². The zero-order valence-corrected chi connectivity index (χ0v) is 10.1. The number of ether oxygens (including phenoxy) is 1. The van der Waals surface area contributed by atoms with E-state index in [9.17, 15) is 8.42 Å². The average Bonchev–Trinajstić information content (AvgIpc) is 2.10. The fourth-order valence-electron chi connectivity index (χ4n) is 0.917. The van der Waals surface area contributed by atoms with Crippen molar-refractivity contribution < 1.29 is 13.2 Å². The topological polar surface area (TPSA) is 55.4 Å². The molecule has 0 aliphatic rings. The molecule has 86 valence electrons. The standard InChI is InChI=1S/C9H21NO3S/c1-9(2)14(11,12)8-6-10-5-4-7-13-3/h9-10H,4-8H2,1-3H3. The number of nitrogens with one attached hydrogen (secondary N) is 1. The van der Waals surface area contributed by atoms with Gasteiger partial charge in [-0.05, 0) is 26.8 Å². The molecule has 1 N–H and O–H groups in total. The van der Waals surface area contributed by atoms with Crippen LogP contribution in [0, 0.1) is 0 Å². The summed E-state index contributed by atoms with van der Waals surface area (Å²) in [7, 11) is -1.23. The summed E-state index contributed by atoms with van der Waals surface area (Å²) in [6.07, 6.45) is 0.915. The van der Waals surface area contributed by atoms with E-state index in [1.54, 1.807) is 21.0 Å². The largest absolute Gasteiger partial charge is 0.385 e. The molecule has 5 heteroatoms. The van der Waals surface area contributed by atoms with Crippen molar-refractivity contribution in [3.8, 4) is 0 Å². The van der Waals surface area contributed by atoms with Gasteiger partial charge in [0.25, 0.3) is 0 Å². The number of methoxy groups -OCH3 is 1. The molecule has 0 rings (SSSR count). The maximum absolute atomic E-state index is 11.4. The van der Waals surface area contributed by atoms with Crippen LogP contribution < -0.4 is 5.32 Å². The summed E-state index contributed by atoms with van der Waals surface area (Å²) >= 11 is 0. The second kappa shape index (κ2) is 7.20. The lowest BCUT2D eigenvalue weighted by Crippen LogP contribution is -2.28. The quantitative estimate of drug-likeness (QED) is 0.607. The minimum absolute atomic E-state index is 0.220. The second-order valence-corrected chi connectivity index (χ2v) is 6.19. The Morgan fingerprint density at radius 2 is 1.93 bits per heavy atom. The molecule has 0 saturated carbocycles. The van der Waals surface area contributed by atoms with E-state index in [0.29, 0.717) is 13.2 Å². The summed E-state index contributed by atoms with van der Waals surface area (Å²) in [5.41, 5.74) is 0. The highest BCUT2D eigenvalue weighted by Crippen LogP contribution is 1.98. The molecule has 0 spiro atoms. The molecule has 0 atom stereocenters. The van der Waals surface area contributed by atoms with Gasteiger partial charge in [-0.3, -0.25) is 0 Å². The molecule has 0 aliphatic heterocycles. The molecule has 0 aliphatic carbocycles. The van der Waals surface area contributed by atoms with Gasteiger partial charge in [0, 0.05) is 20.3 Å².